The van der Waals surface area contributed by atoms with Crippen molar-refractivity contribution in [2.24, 2.45) is 0 Å². The summed E-state index contributed by atoms with van der Waals surface area (Å²) in [6.45, 7) is 0. The Hall–Kier alpha value is -4.66. The molecule has 0 saturated heterocycles. The molecule has 2 heteroatoms. The average Bonchev–Trinajstić information content (AvgIpc) is 3.53. The first kappa shape index (κ1) is 21.4. The van der Waals surface area contributed by atoms with Gasteiger partial charge in [0.25, 0.3) is 0 Å². The predicted octanol–water partition coefficient (Wildman–Crippen LogP) is 10.5. The minimum atomic E-state index is 1.18. The Bertz CT molecular complexity index is 2070. The number of hydrogen-bond acceptors (Lipinski definition) is 1. The van der Waals surface area contributed by atoms with E-state index in [0.29, 0.717) is 0 Å². The highest BCUT2D eigenvalue weighted by Crippen LogP contribution is 2.37. The van der Waals surface area contributed by atoms with Crippen LogP contribution in [0, 0.1) is 0 Å². The van der Waals surface area contributed by atoms with Gasteiger partial charge in [-0.1, -0.05) is 91.0 Å². The quantitative estimate of drug-likeness (QED) is 0.227. The van der Waals surface area contributed by atoms with Crippen LogP contribution in [0.15, 0.2) is 140 Å². The van der Waals surface area contributed by atoms with Gasteiger partial charge in [0, 0.05) is 36.6 Å². The summed E-state index contributed by atoms with van der Waals surface area (Å²) in [4.78, 5) is 0. The maximum atomic E-state index is 2.37. The van der Waals surface area contributed by atoms with Gasteiger partial charge in [-0.05, 0) is 70.8 Å². The van der Waals surface area contributed by atoms with Gasteiger partial charge in [-0.15, -0.1) is 11.3 Å². The van der Waals surface area contributed by atoms with E-state index in [0.717, 1.165) is 0 Å². The van der Waals surface area contributed by atoms with Crippen molar-refractivity contribution in [3.8, 4) is 27.9 Å². The van der Waals surface area contributed by atoms with E-state index in [4.69, 9.17) is 0 Å². The molecule has 0 aliphatic rings. The molecule has 1 nitrogen and oxygen atoms in total. The lowest BCUT2D eigenvalue weighted by molar-refractivity contribution is 1.18. The summed E-state index contributed by atoms with van der Waals surface area (Å²) >= 11 is 1.86. The maximum absolute atomic E-state index is 2.37. The molecule has 0 spiro atoms. The summed E-state index contributed by atoms with van der Waals surface area (Å²) in [5.74, 6) is 0. The fourth-order valence-corrected chi connectivity index (χ4v) is 6.87. The zero-order valence-electron chi connectivity index (χ0n) is 20.6. The molecule has 2 aromatic heterocycles. The van der Waals surface area contributed by atoms with Gasteiger partial charge in [0.05, 0.1) is 11.0 Å². The monoisotopic (exact) mass is 501 g/mol. The fourth-order valence-electron chi connectivity index (χ4n) is 5.79. The number of aromatic nitrogens is 1. The van der Waals surface area contributed by atoms with Gasteiger partial charge in [0.1, 0.15) is 0 Å². The molecule has 0 aliphatic heterocycles. The van der Waals surface area contributed by atoms with E-state index < -0.39 is 0 Å². The zero-order chi connectivity index (χ0) is 25.1. The van der Waals surface area contributed by atoms with Gasteiger partial charge >= 0.3 is 0 Å². The van der Waals surface area contributed by atoms with Crippen molar-refractivity contribution in [1.29, 1.82) is 0 Å². The van der Waals surface area contributed by atoms with Crippen LogP contribution in [0.2, 0.25) is 0 Å². The minimum absolute atomic E-state index is 1.18. The number of thiophene rings is 1. The van der Waals surface area contributed by atoms with E-state index in [1.807, 2.05) is 11.3 Å². The SMILES string of the molecule is c1cc(-c2ccc(-n3c4ccccc4c4ccccc43)cc2)cc(-c2ccc3sc4ccccc4c3c2)c1. The molecule has 0 atom stereocenters. The van der Waals surface area contributed by atoms with Crippen molar-refractivity contribution < 1.29 is 0 Å². The molecule has 38 heavy (non-hydrogen) atoms. The summed E-state index contributed by atoms with van der Waals surface area (Å²) in [6.07, 6.45) is 0. The molecule has 0 unspecified atom stereocenters. The van der Waals surface area contributed by atoms with Gasteiger partial charge in [0.15, 0.2) is 0 Å². The number of benzene rings is 6. The Kier molecular flexibility index (Phi) is 4.76. The molecule has 0 saturated carbocycles. The van der Waals surface area contributed by atoms with Crippen LogP contribution in [0.4, 0.5) is 0 Å². The summed E-state index contributed by atoms with van der Waals surface area (Å²) < 4.78 is 5.05. The number of para-hydroxylation sites is 2. The number of nitrogens with zero attached hydrogens (tertiary/aromatic N) is 1. The van der Waals surface area contributed by atoms with Crippen molar-refractivity contribution >= 4 is 53.3 Å². The summed E-state index contributed by atoms with van der Waals surface area (Å²) in [5, 5.41) is 5.25. The van der Waals surface area contributed by atoms with Crippen LogP contribution in [0.5, 0.6) is 0 Å². The predicted molar refractivity (Wildman–Crippen MR) is 165 cm³/mol. The summed E-state index contributed by atoms with van der Waals surface area (Å²) in [5.41, 5.74) is 8.60. The van der Waals surface area contributed by atoms with E-state index in [9.17, 15) is 0 Å². The molecule has 8 rings (SSSR count). The minimum Gasteiger partial charge on any atom is -0.309 e. The van der Waals surface area contributed by atoms with Crippen molar-refractivity contribution in [2.45, 2.75) is 0 Å². The Morgan fingerprint density at radius 2 is 0.921 bits per heavy atom. The number of hydrogen-bond donors (Lipinski definition) is 0. The van der Waals surface area contributed by atoms with Crippen LogP contribution in [0.3, 0.4) is 0 Å². The molecule has 178 valence electrons. The zero-order valence-corrected chi connectivity index (χ0v) is 21.5. The highest BCUT2D eigenvalue weighted by atomic mass is 32.1. The van der Waals surface area contributed by atoms with E-state index in [1.165, 1.54) is 69.9 Å². The lowest BCUT2D eigenvalue weighted by atomic mass is 9.98. The van der Waals surface area contributed by atoms with Crippen molar-refractivity contribution in [2.75, 3.05) is 0 Å². The van der Waals surface area contributed by atoms with Crippen molar-refractivity contribution in [3.05, 3.63) is 140 Å². The van der Waals surface area contributed by atoms with E-state index in [1.54, 1.807) is 0 Å². The highest BCUT2D eigenvalue weighted by Gasteiger charge is 2.12. The Labute approximate surface area is 224 Å². The fraction of sp³-hybridized carbons (Fsp3) is 0. The molecular weight excluding hydrogens is 478 g/mol. The molecule has 0 bridgehead atoms. The Morgan fingerprint density at radius 1 is 0.368 bits per heavy atom. The van der Waals surface area contributed by atoms with Crippen LogP contribution >= 0.6 is 11.3 Å². The van der Waals surface area contributed by atoms with E-state index in [-0.39, 0.29) is 0 Å². The molecule has 0 fully saturated rings. The molecule has 2 heterocycles. The van der Waals surface area contributed by atoms with E-state index in [2.05, 4.69) is 144 Å². The standard InChI is InChI=1S/C36H23NS/c1-4-13-33-29(10-1)30-11-2-5-14-34(30)37(33)28-19-16-24(17-20-28)25-8-7-9-26(22-25)27-18-21-36-32(23-27)31-12-3-6-15-35(31)38-36/h1-23H. The second-order valence-corrected chi connectivity index (χ2v) is 10.9. The van der Waals surface area contributed by atoms with Crippen LogP contribution in [0.25, 0.3) is 69.9 Å². The molecule has 0 amide bonds. The second kappa shape index (κ2) is 8.44. The normalized spacial score (nSPS) is 11.7. The van der Waals surface area contributed by atoms with Crippen LogP contribution in [-0.4, -0.2) is 4.57 Å². The third kappa shape index (κ3) is 3.31. The van der Waals surface area contributed by atoms with Crippen molar-refractivity contribution in [1.82, 2.24) is 4.57 Å². The lowest BCUT2D eigenvalue weighted by Gasteiger charge is -2.10. The van der Waals surface area contributed by atoms with Gasteiger partial charge in [-0.3, -0.25) is 0 Å². The topological polar surface area (TPSA) is 4.93 Å². The first-order chi connectivity index (χ1) is 18.8. The van der Waals surface area contributed by atoms with Gasteiger partial charge in [-0.2, -0.15) is 0 Å². The first-order valence-corrected chi connectivity index (χ1v) is 13.8. The molecule has 8 aromatic rings. The largest absolute Gasteiger partial charge is 0.309 e. The van der Waals surface area contributed by atoms with Gasteiger partial charge in [0.2, 0.25) is 0 Å². The number of fused-ring (bicyclic) bond motifs is 6. The second-order valence-electron chi connectivity index (χ2n) is 9.81. The lowest BCUT2D eigenvalue weighted by Crippen LogP contribution is -1.93. The molecule has 0 aliphatic carbocycles. The van der Waals surface area contributed by atoms with Crippen LogP contribution in [-0.2, 0) is 0 Å². The molecular formula is C36H23NS. The van der Waals surface area contributed by atoms with Gasteiger partial charge < -0.3 is 4.57 Å². The Morgan fingerprint density at radius 3 is 1.66 bits per heavy atom. The summed E-state index contributed by atoms with van der Waals surface area (Å²) in [6, 6.07) is 50.7. The summed E-state index contributed by atoms with van der Waals surface area (Å²) in [7, 11) is 0. The van der Waals surface area contributed by atoms with E-state index >= 15 is 0 Å². The molecule has 6 aromatic carbocycles. The average molecular weight is 502 g/mol. The van der Waals surface area contributed by atoms with Crippen LogP contribution in [0.1, 0.15) is 0 Å². The molecule has 0 N–H and O–H groups in total. The van der Waals surface area contributed by atoms with Crippen molar-refractivity contribution in [3.63, 3.8) is 0 Å². The smallest absolute Gasteiger partial charge is 0.0541 e. The Balaban J connectivity index is 1.20. The maximum Gasteiger partial charge on any atom is 0.0541 e. The third-order valence-corrected chi connectivity index (χ3v) is 8.76. The third-order valence-electron chi connectivity index (χ3n) is 7.61. The highest BCUT2D eigenvalue weighted by molar-refractivity contribution is 7.25. The van der Waals surface area contributed by atoms with Crippen LogP contribution < -0.4 is 0 Å². The molecule has 0 radical (unpaired) electrons. The first-order valence-electron chi connectivity index (χ1n) is 12.9. The van der Waals surface area contributed by atoms with Gasteiger partial charge in [-0.25, -0.2) is 0 Å². The number of rotatable bonds is 3.